The van der Waals surface area contributed by atoms with Crippen molar-refractivity contribution < 1.29 is 68.1 Å². The van der Waals surface area contributed by atoms with Crippen LogP contribution in [0.2, 0.25) is 0 Å². The van der Waals surface area contributed by atoms with Crippen LogP contribution in [0, 0.1) is 0 Å². The Balaban J connectivity index is 1.64. The summed E-state index contributed by atoms with van der Waals surface area (Å²) in [7, 11) is 1.05. The van der Waals surface area contributed by atoms with Gasteiger partial charge >= 0.3 is 18.5 Å². The number of halogens is 10. The Labute approximate surface area is 255 Å². The smallest absolute Gasteiger partial charge is 0.426 e. The Bertz CT molecular complexity index is 1690. The summed E-state index contributed by atoms with van der Waals surface area (Å²) in [6.45, 7) is -0.924. The zero-order valence-electron chi connectivity index (χ0n) is 23.7. The molecule has 0 aliphatic carbocycles. The molecule has 1 aliphatic rings. The van der Waals surface area contributed by atoms with Crippen LogP contribution in [0.1, 0.15) is 29.3 Å². The second kappa shape index (κ2) is 12.1. The molecular formula is C25H21F10N7O5. The van der Waals surface area contributed by atoms with E-state index in [9.17, 15) is 63.4 Å². The molecule has 1 fully saturated rings. The van der Waals surface area contributed by atoms with Gasteiger partial charge in [-0.2, -0.15) is 44.6 Å². The van der Waals surface area contributed by atoms with E-state index in [1.54, 1.807) is 0 Å². The second-order valence-electron chi connectivity index (χ2n) is 10.2. The summed E-state index contributed by atoms with van der Waals surface area (Å²) in [5.41, 5.74) is -8.37. The summed E-state index contributed by atoms with van der Waals surface area (Å²) in [5.74, 6) is -4.79. The lowest BCUT2D eigenvalue weighted by Gasteiger charge is -2.32. The first-order valence-corrected chi connectivity index (χ1v) is 12.9. The number of carbonyl (C=O) groups excluding carboxylic acids is 3. The molecule has 4 rings (SSSR count). The molecule has 12 nitrogen and oxygen atoms in total. The second-order valence-corrected chi connectivity index (χ2v) is 10.2. The van der Waals surface area contributed by atoms with Crippen LogP contribution in [0.15, 0.2) is 24.7 Å². The predicted octanol–water partition coefficient (Wildman–Crippen LogP) is 3.30. The highest BCUT2D eigenvalue weighted by Gasteiger charge is 2.71. The molecule has 0 radical (unpaired) electrons. The fraction of sp³-hybridized carbons (Fsp3) is 0.440. The largest absolute Gasteiger partial charge is 0.480 e. The number of fused-ring (bicyclic) bond motifs is 1. The van der Waals surface area contributed by atoms with E-state index in [1.165, 1.54) is 0 Å². The number of amides is 3. The normalized spacial score (nSPS) is 17.6. The van der Waals surface area contributed by atoms with Crippen LogP contribution in [-0.4, -0.2) is 97.7 Å². The molecule has 256 valence electrons. The van der Waals surface area contributed by atoms with E-state index in [2.05, 4.69) is 25.7 Å². The van der Waals surface area contributed by atoms with Crippen LogP contribution in [0.25, 0.3) is 16.8 Å². The lowest BCUT2D eigenvalue weighted by Crippen LogP contribution is -2.59. The third-order valence-electron chi connectivity index (χ3n) is 7.00. The molecule has 47 heavy (non-hydrogen) atoms. The van der Waals surface area contributed by atoms with Gasteiger partial charge in [-0.05, 0) is 12.1 Å². The van der Waals surface area contributed by atoms with Crippen molar-refractivity contribution in [2.24, 2.45) is 0 Å². The first-order valence-electron chi connectivity index (χ1n) is 12.9. The van der Waals surface area contributed by atoms with Crippen molar-refractivity contribution in [3.63, 3.8) is 0 Å². The molecule has 0 unspecified atom stereocenters. The van der Waals surface area contributed by atoms with Gasteiger partial charge < -0.3 is 25.4 Å². The van der Waals surface area contributed by atoms with Gasteiger partial charge in [0.2, 0.25) is 17.7 Å². The van der Waals surface area contributed by atoms with E-state index in [0.29, 0.717) is 6.07 Å². The van der Waals surface area contributed by atoms with E-state index in [0.717, 1.165) is 37.1 Å². The van der Waals surface area contributed by atoms with Crippen LogP contribution >= 0.6 is 0 Å². The van der Waals surface area contributed by atoms with Crippen molar-refractivity contribution in [2.45, 2.75) is 49.7 Å². The number of carbonyl (C=O) groups is 3. The molecule has 0 saturated carbocycles. The number of nitrogens with one attached hydrogen (secondary N) is 2. The number of ether oxygens (including phenoxy) is 1. The van der Waals surface area contributed by atoms with Crippen LogP contribution in [0.3, 0.4) is 0 Å². The molecule has 3 aromatic rings. The number of methoxy groups -OCH3 is 1. The molecule has 1 aliphatic heterocycles. The summed E-state index contributed by atoms with van der Waals surface area (Å²) < 4.78 is 141. The molecule has 0 spiro atoms. The van der Waals surface area contributed by atoms with Gasteiger partial charge in [0.25, 0.3) is 11.5 Å². The van der Waals surface area contributed by atoms with Crippen LogP contribution < -0.4 is 15.4 Å². The Morgan fingerprint density at radius 2 is 1.66 bits per heavy atom. The Kier molecular flexibility index (Phi) is 9.05. The van der Waals surface area contributed by atoms with Gasteiger partial charge in [0.1, 0.15) is 23.6 Å². The molecule has 3 amide bonds. The molecule has 0 aromatic carbocycles. The van der Waals surface area contributed by atoms with Gasteiger partial charge in [0.15, 0.2) is 5.82 Å². The van der Waals surface area contributed by atoms with Gasteiger partial charge in [0.05, 0.1) is 37.4 Å². The number of rotatable bonds is 7. The van der Waals surface area contributed by atoms with Gasteiger partial charge in [-0.1, -0.05) is 0 Å². The van der Waals surface area contributed by atoms with Gasteiger partial charge in [-0.25, -0.2) is 18.9 Å². The third-order valence-corrected chi connectivity index (χ3v) is 7.00. The summed E-state index contributed by atoms with van der Waals surface area (Å²) in [5, 5.41) is 17.4. The number of aromatic nitrogens is 4. The zero-order valence-corrected chi connectivity index (χ0v) is 23.7. The van der Waals surface area contributed by atoms with Crippen LogP contribution in [-0.2, 0) is 15.8 Å². The fourth-order valence-electron chi connectivity index (χ4n) is 4.68. The molecule has 1 saturated heterocycles. The lowest BCUT2D eigenvalue weighted by atomic mass is 9.97. The highest BCUT2D eigenvalue weighted by Crippen LogP contribution is 2.46. The van der Waals surface area contributed by atoms with E-state index < -0.39 is 102 Å². The van der Waals surface area contributed by atoms with Crippen molar-refractivity contribution in [1.82, 2.24) is 29.8 Å². The summed E-state index contributed by atoms with van der Waals surface area (Å²) in [6, 6.07) is -0.0911. The minimum Gasteiger partial charge on any atom is -0.480 e. The van der Waals surface area contributed by atoms with Crippen molar-refractivity contribution in [3.05, 3.63) is 35.8 Å². The van der Waals surface area contributed by atoms with E-state index in [1.807, 2.05) is 0 Å². The SMILES string of the molecule is COc1ncc(-c2cc(C(F)(F)F)c3c(NC(C)=O)ncnn23)cc1C(=O)N[C@@H]1CN(C(=O)CC(O)(C(F)(F)F)C(F)(F)F)C[C@@H]1F. The summed E-state index contributed by atoms with van der Waals surface area (Å²) in [6.07, 6.45) is -20.5. The highest BCUT2D eigenvalue weighted by molar-refractivity contribution is 5.98. The van der Waals surface area contributed by atoms with E-state index in [-0.39, 0.29) is 16.2 Å². The maximum atomic E-state index is 14.8. The molecule has 3 aromatic heterocycles. The topological polar surface area (TPSA) is 151 Å². The number of aliphatic hydroxyl groups is 1. The van der Waals surface area contributed by atoms with Crippen LogP contribution in [0.5, 0.6) is 5.88 Å². The average molecular weight is 689 g/mol. The maximum Gasteiger partial charge on any atom is 0.426 e. The van der Waals surface area contributed by atoms with Gasteiger partial charge in [-0.3, -0.25) is 14.4 Å². The minimum absolute atomic E-state index is 0.187. The highest BCUT2D eigenvalue weighted by atomic mass is 19.4. The number of anilines is 1. The molecule has 22 heteroatoms. The van der Waals surface area contributed by atoms with Crippen molar-refractivity contribution in [2.75, 3.05) is 25.5 Å². The molecule has 3 N–H and O–H groups in total. The number of pyridine rings is 1. The van der Waals surface area contributed by atoms with Crippen LogP contribution in [0.4, 0.5) is 49.7 Å². The number of hydrogen-bond acceptors (Lipinski definition) is 8. The monoisotopic (exact) mass is 689 g/mol. The quantitative estimate of drug-likeness (QED) is 0.320. The van der Waals surface area contributed by atoms with E-state index >= 15 is 0 Å². The number of likely N-dealkylation sites (tertiary alicyclic amines) is 1. The average Bonchev–Trinajstić information content (AvgIpc) is 3.52. The Morgan fingerprint density at radius 3 is 2.21 bits per heavy atom. The zero-order chi connectivity index (χ0) is 35.3. The number of alkyl halides is 10. The summed E-state index contributed by atoms with van der Waals surface area (Å²) in [4.78, 5) is 44.9. The molecule has 2 atom stereocenters. The minimum atomic E-state index is -6.30. The predicted molar refractivity (Wildman–Crippen MR) is 136 cm³/mol. The first kappa shape index (κ1) is 35.1. The number of nitrogens with zero attached hydrogens (tertiary/aromatic N) is 5. The Hall–Kier alpha value is -4.76. The summed E-state index contributed by atoms with van der Waals surface area (Å²) >= 11 is 0. The van der Waals surface area contributed by atoms with Gasteiger partial charge in [-0.15, -0.1) is 0 Å². The first-order chi connectivity index (χ1) is 21.6. The van der Waals surface area contributed by atoms with E-state index in [4.69, 9.17) is 4.74 Å². The standard InChI is InChI=1S/C25H21F10N7O5/c1-10(43)39-19-18-13(23(27,28)29)4-16(42(18)38-9-37-19)11-3-12(21(47-2)36-6-11)20(45)40-15-8-41(7-14(15)26)17(44)5-22(46,24(30,31)32)25(33,34)35/h3-4,6,9,14-15,46H,5,7-8H2,1-2H3,(H,40,45)(H,37,38,39,43)/t14-,15+/m0/s1. The fourth-order valence-corrected chi connectivity index (χ4v) is 4.68. The van der Waals surface area contributed by atoms with Gasteiger partial charge in [0, 0.05) is 25.2 Å². The molecule has 4 heterocycles. The Morgan fingerprint density at radius 1 is 1.02 bits per heavy atom. The van der Waals surface area contributed by atoms with Crippen molar-refractivity contribution in [1.29, 1.82) is 0 Å². The third kappa shape index (κ3) is 6.72. The van der Waals surface area contributed by atoms with Crippen molar-refractivity contribution >= 4 is 29.1 Å². The lowest BCUT2D eigenvalue weighted by molar-refractivity contribution is -0.367. The molecular weight excluding hydrogens is 668 g/mol. The van der Waals surface area contributed by atoms with Crippen molar-refractivity contribution in [3.8, 4) is 17.1 Å². The maximum absolute atomic E-state index is 14.8. The molecule has 0 bridgehead atoms. The number of hydrogen-bond donors (Lipinski definition) is 3.